The highest BCUT2D eigenvalue weighted by Gasteiger charge is 2.19. The molecular formula is C19H26N5O6S+. The SMILES string of the molecule is NCCOCCOCCOCCC(=O)Nc1ccccc1C(=O)Nc1[nH+]cc(N=O)s1. The van der Waals surface area contributed by atoms with Crippen LogP contribution in [0.5, 0.6) is 0 Å². The predicted molar refractivity (Wildman–Crippen MR) is 115 cm³/mol. The maximum absolute atomic E-state index is 12.5. The molecule has 0 aliphatic heterocycles. The second-order valence-electron chi connectivity index (χ2n) is 6.07. The van der Waals surface area contributed by atoms with Gasteiger partial charge in [-0.05, 0) is 28.6 Å². The number of nitrogens with two attached hydrogens (primary N) is 1. The lowest BCUT2D eigenvalue weighted by Gasteiger charge is -2.09. The Morgan fingerprint density at radius 2 is 1.68 bits per heavy atom. The monoisotopic (exact) mass is 452 g/mol. The molecule has 0 atom stereocenters. The molecule has 0 aliphatic carbocycles. The van der Waals surface area contributed by atoms with E-state index in [-0.39, 0.29) is 29.5 Å². The van der Waals surface area contributed by atoms with Gasteiger partial charge in [0.25, 0.3) is 0 Å². The molecule has 2 aromatic rings. The van der Waals surface area contributed by atoms with Gasteiger partial charge in [0.2, 0.25) is 10.9 Å². The molecule has 0 bridgehead atoms. The summed E-state index contributed by atoms with van der Waals surface area (Å²) in [4.78, 5) is 38.0. The van der Waals surface area contributed by atoms with E-state index in [4.69, 9.17) is 19.9 Å². The molecule has 168 valence electrons. The first-order valence-electron chi connectivity index (χ1n) is 9.62. The summed E-state index contributed by atoms with van der Waals surface area (Å²) in [5.41, 5.74) is 5.96. The number of rotatable bonds is 15. The summed E-state index contributed by atoms with van der Waals surface area (Å²) >= 11 is 1.01. The fourth-order valence-electron chi connectivity index (χ4n) is 2.36. The molecule has 0 saturated carbocycles. The number of thiazole rings is 1. The summed E-state index contributed by atoms with van der Waals surface area (Å²) in [6, 6.07) is 6.61. The third kappa shape index (κ3) is 9.27. The number of para-hydroxylation sites is 1. The highest BCUT2D eigenvalue weighted by atomic mass is 32.1. The number of anilines is 2. The van der Waals surface area contributed by atoms with Gasteiger partial charge < -0.3 is 25.3 Å². The number of H-pyrrole nitrogens is 1. The van der Waals surface area contributed by atoms with Gasteiger partial charge >= 0.3 is 11.0 Å². The van der Waals surface area contributed by atoms with E-state index in [0.29, 0.717) is 50.4 Å². The number of amides is 2. The molecule has 1 aromatic heterocycles. The molecule has 0 unspecified atom stereocenters. The van der Waals surface area contributed by atoms with Crippen molar-refractivity contribution in [3.05, 3.63) is 40.9 Å². The number of nitrogens with zero attached hydrogens (tertiary/aromatic N) is 1. The largest absolute Gasteiger partial charge is 0.379 e. The number of hydrogen-bond acceptors (Lipinski definition) is 9. The Labute approximate surface area is 183 Å². The van der Waals surface area contributed by atoms with Crippen molar-refractivity contribution in [2.45, 2.75) is 6.42 Å². The summed E-state index contributed by atoms with van der Waals surface area (Å²) in [5.74, 6) is -0.721. The van der Waals surface area contributed by atoms with Crippen LogP contribution in [0.1, 0.15) is 16.8 Å². The summed E-state index contributed by atoms with van der Waals surface area (Å²) in [6.07, 6.45) is 1.52. The number of benzene rings is 1. The fraction of sp³-hybridized carbons (Fsp3) is 0.421. The van der Waals surface area contributed by atoms with Crippen LogP contribution in [0.25, 0.3) is 0 Å². The third-order valence-electron chi connectivity index (χ3n) is 3.78. The minimum absolute atomic E-state index is 0.128. The van der Waals surface area contributed by atoms with Crippen LogP contribution in [0.15, 0.2) is 35.6 Å². The number of nitrogens with one attached hydrogen (secondary N) is 3. The molecule has 0 spiro atoms. The van der Waals surface area contributed by atoms with Crippen LogP contribution in [0, 0.1) is 4.91 Å². The molecule has 0 saturated heterocycles. The van der Waals surface area contributed by atoms with E-state index in [9.17, 15) is 14.5 Å². The number of carbonyl (C=O) groups excluding carboxylic acids is 2. The lowest BCUT2D eigenvalue weighted by atomic mass is 10.1. The maximum Gasteiger partial charge on any atom is 0.341 e. The summed E-state index contributed by atoms with van der Waals surface area (Å²) in [7, 11) is 0. The van der Waals surface area contributed by atoms with Crippen molar-refractivity contribution in [2.75, 3.05) is 56.8 Å². The van der Waals surface area contributed by atoms with E-state index in [1.807, 2.05) is 0 Å². The Kier molecular flexibility index (Phi) is 11.3. The highest BCUT2D eigenvalue weighted by molar-refractivity contribution is 7.18. The van der Waals surface area contributed by atoms with E-state index in [1.54, 1.807) is 24.3 Å². The molecule has 0 aliphatic rings. The third-order valence-corrected chi connectivity index (χ3v) is 4.60. The lowest BCUT2D eigenvalue weighted by Crippen LogP contribution is -2.21. The van der Waals surface area contributed by atoms with Crippen molar-refractivity contribution in [1.82, 2.24) is 0 Å². The van der Waals surface area contributed by atoms with E-state index in [2.05, 4.69) is 20.8 Å². The number of aromatic nitrogens is 1. The predicted octanol–water partition coefficient (Wildman–Crippen LogP) is 1.55. The lowest BCUT2D eigenvalue weighted by molar-refractivity contribution is -0.353. The van der Waals surface area contributed by atoms with Gasteiger partial charge in [-0.25, -0.2) is 9.78 Å². The van der Waals surface area contributed by atoms with Crippen LogP contribution >= 0.6 is 11.3 Å². The van der Waals surface area contributed by atoms with Gasteiger partial charge in [-0.15, -0.1) is 4.91 Å². The number of hydrogen-bond donors (Lipinski definition) is 3. The van der Waals surface area contributed by atoms with Gasteiger partial charge in [0.05, 0.1) is 57.3 Å². The molecule has 2 amide bonds. The second-order valence-corrected chi connectivity index (χ2v) is 7.10. The Balaban J connectivity index is 1.70. The van der Waals surface area contributed by atoms with Crippen molar-refractivity contribution >= 4 is 39.0 Å². The first-order valence-corrected chi connectivity index (χ1v) is 10.4. The molecule has 12 heteroatoms. The van der Waals surface area contributed by atoms with Crippen molar-refractivity contribution in [3.63, 3.8) is 0 Å². The molecular weight excluding hydrogens is 426 g/mol. The fourth-order valence-corrected chi connectivity index (χ4v) is 2.99. The topological polar surface area (TPSA) is 155 Å². The molecule has 0 fully saturated rings. The number of ether oxygens (including phenoxy) is 3. The summed E-state index contributed by atoms with van der Waals surface area (Å²) in [5, 5.41) is 8.71. The standard InChI is InChI=1S/C19H25N5O6S/c20-6-8-29-10-12-30-11-9-28-7-5-16(25)22-15-4-2-1-3-14(15)18(26)23-19-21-13-17(24-27)31-19/h1-4,13H,5-12,20H2,(H,22,25)(H,21,23,26)/p+1. The van der Waals surface area contributed by atoms with Crippen LogP contribution in [-0.2, 0) is 19.0 Å². The van der Waals surface area contributed by atoms with E-state index in [1.165, 1.54) is 6.20 Å². The zero-order valence-corrected chi connectivity index (χ0v) is 17.7. The van der Waals surface area contributed by atoms with Crippen LogP contribution < -0.4 is 21.4 Å². The van der Waals surface area contributed by atoms with Crippen LogP contribution in [0.3, 0.4) is 0 Å². The average molecular weight is 453 g/mol. The van der Waals surface area contributed by atoms with Crippen molar-refractivity contribution in [3.8, 4) is 0 Å². The minimum atomic E-state index is -0.435. The zero-order valence-electron chi connectivity index (χ0n) is 16.9. The van der Waals surface area contributed by atoms with Crippen molar-refractivity contribution in [2.24, 2.45) is 10.9 Å². The van der Waals surface area contributed by atoms with E-state index >= 15 is 0 Å². The quantitative estimate of drug-likeness (QED) is 0.273. The van der Waals surface area contributed by atoms with Gasteiger partial charge in [-0.1, -0.05) is 12.1 Å². The van der Waals surface area contributed by atoms with Crippen LogP contribution in [0.2, 0.25) is 0 Å². The number of carbonyl (C=O) groups is 2. The van der Waals surface area contributed by atoms with Crippen molar-refractivity contribution < 1.29 is 28.8 Å². The molecule has 11 nitrogen and oxygen atoms in total. The second kappa shape index (κ2) is 14.3. The average Bonchev–Trinajstić information content (AvgIpc) is 3.23. The zero-order chi connectivity index (χ0) is 22.3. The first-order chi connectivity index (χ1) is 15.1. The molecule has 2 rings (SSSR count). The van der Waals surface area contributed by atoms with Gasteiger partial charge in [0.15, 0.2) is 0 Å². The minimum Gasteiger partial charge on any atom is -0.379 e. The highest BCUT2D eigenvalue weighted by Crippen LogP contribution is 2.23. The van der Waals surface area contributed by atoms with Gasteiger partial charge in [0.1, 0.15) is 6.20 Å². The van der Waals surface area contributed by atoms with Gasteiger partial charge in [-0.3, -0.25) is 4.79 Å². The molecule has 1 heterocycles. The Morgan fingerprint density at radius 3 is 2.35 bits per heavy atom. The molecule has 5 N–H and O–H groups in total. The van der Waals surface area contributed by atoms with Crippen LogP contribution in [-0.4, -0.2) is 58.0 Å². The Morgan fingerprint density at radius 1 is 1.00 bits per heavy atom. The molecule has 0 radical (unpaired) electrons. The smallest absolute Gasteiger partial charge is 0.341 e. The first kappa shape index (κ1) is 24.5. The Hall–Kier alpha value is -2.77. The summed E-state index contributed by atoms with van der Waals surface area (Å²) in [6.45, 7) is 2.90. The molecule has 1 aromatic carbocycles. The van der Waals surface area contributed by atoms with Gasteiger partial charge in [-0.2, -0.15) is 5.32 Å². The number of nitroso groups, excluding NO2 is 1. The van der Waals surface area contributed by atoms with Crippen LogP contribution in [0.4, 0.5) is 15.8 Å². The van der Waals surface area contributed by atoms with Crippen molar-refractivity contribution in [1.29, 1.82) is 0 Å². The summed E-state index contributed by atoms with van der Waals surface area (Å²) < 4.78 is 15.9. The number of aromatic amines is 1. The maximum atomic E-state index is 12.5. The van der Waals surface area contributed by atoms with Gasteiger partial charge in [0, 0.05) is 6.54 Å². The van der Waals surface area contributed by atoms with E-state index < -0.39 is 5.91 Å². The molecule has 31 heavy (non-hydrogen) atoms. The normalized spacial score (nSPS) is 10.6. The Bertz CT molecular complexity index is 847. The van der Waals surface area contributed by atoms with E-state index in [0.717, 1.165) is 11.3 Å².